The van der Waals surface area contributed by atoms with Crippen molar-refractivity contribution in [2.24, 2.45) is 5.92 Å². The van der Waals surface area contributed by atoms with Gasteiger partial charge in [-0.3, -0.25) is 4.79 Å². The maximum atomic E-state index is 11.4. The number of carbonyl (C=O) groups is 1. The summed E-state index contributed by atoms with van der Waals surface area (Å²) in [4.78, 5) is 11.4. The van der Waals surface area contributed by atoms with Crippen LogP contribution < -0.4 is 10.6 Å². The summed E-state index contributed by atoms with van der Waals surface area (Å²) >= 11 is 0. The van der Waals surface area contributed by atoms with Gasteiger partial charge < -0.3 is 10.6 Å². The average molecular weight is 232 g/mol. The van der Waals surface area contributed by atoms with Gasteiger partial charge in [0.15, 0.2) is 0 Å². The molecule has 17 heavy (non-hydrogen) atoms. The van der Waals surface area contributed by atoms with Gasteiger partial charge in [-0.15, -0.1) is 0 Å². The zero-order chi connectivity index (χ0) is 12.1. The number of rotatable bonds is 6. The molecule has 2 N–H and O–H groups in total. The lowest BCUT2D eigenvalue weighted by atomic mass is 10.1. The summed E-state index contributed by atoms with van der Waals surface area (Å²) in [6, 6.07) is 8.35. The van der Waals surface area contributed by atoms with Gasteiger partial charge in [-0.05, 0) is 31.2 Å². The van der Waals surface area contributed by atoms with E-state index in [9.17, 15) is 4.79 Å². The van der Waals surface area contributed by atoms with Gasteiger partial charge in [0.1, 0.15) is 0 Å². The predicted octanol–water partition coefficient (Wildman–Crippen LogP) is 1.61. The molecule has 1 aromatic carbocycles. The Bertz CT molecular complexity index is 368. The Kier molecular flexibility index (Phi) is 4.15. The molecule has 0 atom stereocenters. The molecule has 0 spiro atoms. The van der Waals surface area contributed by atoms with Crippen LogP contribution in [0.1, 0.15) is 24.0 Å². The van der Waals surface area contributed by atoms with Crippen molar-refractivity contribution in [2.75, 3.05) is 13.1 Å². The number of amides is 1. The van der Waals surface area contributed by atoms with Crippen LogP contribution in [0, 0.1) is 12.8 Å². The molecule has 3 heteroatoms. The summed E-state index contributed by atoms with van der Waals surface area (Å²) in [5.74, 6) is 0.847. The average Bonchev–Trinajstić information content (AvgIpc) is 3.13. The Morgan fingerprint density at radius 3 is 2.65 bits per heavy atom. The molecule has 0 heterocycles. The number of hydrogen-bond donors (Lipinski definition) is 2. The lowest BCUT2D eigenvalue weighted by molar-refractivity contribution is -0.120. The summed E-state index contributed by atoms with van der Waals surface area (Å²) in [5.41, 5.74) is 2.47. The van der Waals surface area contributed by atoms with Crippen molar-refractivity contribution in [1.29, 1.82) is 0 Å². The number of nitrogens with one attached hydrogen (secondary N) is 2. The molecule has 1 saturated carbocycles. The van der Waals surface area contributed by atoms with Crippen LogP contribution in [-0.4, -0.2) is 19.0 Å². The van der Waals surface area contributed by atoms with E-state index in [0.717, 1.165) is 19.0 Å². The van der Waals surface area contributed by atoms with E-state index < -0.39 is 0 Å². The Morgan fingerprint density at radius 1 is 1.29 bits per heavy atom. The molecule has 1 aliphatic carbocycles. The molecule has 0 unspecified atom stereocenters. The lowest BCUT2D eigenvalue weighted by Gasteiger charge is -2.06. The minimum absolute atomic E-state index is 0.101. The van der Waals surface area contributed by atoms with Gasteiger partial charge in [-0.25, -0.2) is 0 Å². The SMILES string of the molecule is Cc1ccc(CNCC(=O)NCC2CC2)cc1. The maximum absolute atomic E-state index is 11.4. The van der Waals surface area contributed by atoms with E-state index in [4.69, 9.17) is 0 Å². The molecule has 1 aromatic rings. The van der Waals surface area contributed by atoms with Gasteiger partial charge >= 0.3 is 0 Å². The highest BCUT2D eigenvalue weighted by Gasteiger charge is 2.21. The number of aryl methyl sites for hydroxylation is 1. The number of carbonyl (C=O) groups excluding carboxylic acids is 1. The topological polar surface area (TPSA) is 41.1 Å². The second-order valence-corrected chi connectivity index (χ2v) is 4.84. The fraction of sp³-hybridized carbons (Fsp3) is 0.500. The van der Waals surface area contributed by atoms with E-state index >= 15 is 0 Å². The number of hydrogen-bond acceptors (Lipinski definition) is 2. The summed E-state index contributed by atoms with van der Waals surface area (Å²) in [6.45, 7) is 4.07. The van der Waals surface area contributed by atoms with Crippen molar-refractivity contribution in [1.82, 2.24) is 10.6 Å². The minimum atomic E-state index is 0.101. The van der Waals surface area contributed by atoms with Crippen LogP contribution in [0.4, 0.5) is 0 Å². The molecule has 0 aliphatic heterocycles. The Labute approximate surface area is 103 Å². The van der Waals surface area contributed by atoms with Gasteiger partial charge in [0.05, 0.1) is 6.54 Å². The van der Waals surface area contributed by atoms with E-state index in [0.29, 0.717) is 6.54 Å². The van der Waals surface area contributed by atoms with Crippen molar-refractivity contribution in [2.45, 2.75) is 26.3 Å². The van der Waals surface area contributed by atoms with E-state index in [1.165, 1.54) is 24.0 Å². The van der Waals surface area contributed by atoms with Gasteiger partial charge in [0, 0.05) is 13.1 Å². The van der Waals surface area contributed by atoms with Crippen molar-refractivity contribution in [3.05, 3.63) is 35.4 Å². The summed E-state index contributed by atoms with van der Waals surface area (Å²) in [6.07, 6.45) is 2.55. The lowest BCUT2D eigenvalue weighted by Crippen LogP contribution is -2.34. The van der Waals surface area contributed by atoms with Crippen LogP contribution in [0.3, 0.4) is 0 Å². The smallest absolute Gasteiger partial charge is 0.233 e. The molecule has 0 saturated heterocycles. The second kappa shape index (κ2) is 5.82. The molecular formula is C14H20N2O. The monoisotopic (exact) mass is 232 g/mol. The molecule has 92 valence electrons. The van der Waals surface area contributed by atoms with Crippen LogP contribution in [0.5, 0.6) is 0 Å². The van der Waals surface area contributed by atoms with Gasteiger partial charge in [-0.2, -0.15) is 0 Å². The zero-order valence-electron chi connectivity index (χ0n) is 10.3. The second-order valence-electron chi connectivity index (χ2n) is 4.84. The highest BCUT2D eigenvalue weighted by Crippen LogP contribution is 2.27. The molecule has 2 rings (SSSR count). The van der Waals surface area contributed by atoms with Gasteiger partial charge in [0.25, 0.3) is 0 Å². The van der Waals surface area contributed by atoms with Crippen molar-refractivity contribution in [3.63, 3.8) is 0 Å². The molecule has 0 bridgehead atoms. The van der Waals surface area contributed by atoms with Crippen molar-refractivity contribution < 1.29 is 4.79 Å². The molecule has 1 amide bonds. The molecule has 1 fully saturated rings. The normalized spacial score (nSPS) is 14.6. The maximum Gasteiger partial charge on any atom is 0.233 e. The summed E-state index contributed by atoms with van der Waals surface area (Å²) in [7, 11) is 0. The van der Waals surface area contributed by atoms with Crippen molar-refractivity contribution >= 4 is 5.91 Å². The van der Waals surface area contributed by atoms with Crippen LogP contribution in [0.25, 0.3) is 0 Å². The third-order valence-electron chi connectivity index (χ3n) is 3.02. The van der Waals surface area contributed by atoms with Crippen LogP contribution in [0.15, 0.2) is 24.3 Å². The molecule has 3 nitrogen and oxygen atoms in total. The zero-order valence-corrected chi connectivity index (χ0v) is 10.3. The Balaban J connectivity index is 1.61. The first-order valence-corrected chi connectivity index (χ1v) is 6.27. The van der Waals surface area contributed by atoms with Gasteiger partial charge in [0.2, 0.25) is 5.91 Å². The van der Waals surface area contributed by atoms with Gasteiger partial charge in [-0.1, -0.05) is 29.8 Å². The first kappa shape index (κ1) is 12.1. The van der Waals surface area contributed by atoms with Crippen LogP contribution >= 0.6 is 0 Å². The number of benzene rings is 1. The quantitative estimate of drug-likeness (QED) is 0.782. The minimum Gasteiger partial charge on any atom is -0.355 e. The molecule has 0 aromatic heterocycles. The molecule has 1 aliphatic rings. The Hall–Kier alpha value is -1.35. The fourth-order valence-corrected chi connectivity index (χ4v) is 1.67. The van der Waals surface area contributed by atoms with Crippen molar-refractivity contribution in [3.8, 4) is 0 Å². The van der Waals surface area contributed by atoms with E-state index in [2.05, 4.69) is 41.8 Å². The highest BCUT2D eigenvalue weighted by atomic mass is 16.1. The first-order chi connectivity index (χ1) is 8.24. The highest BCUT2D eigenvalue weighted by molar-refractivity contribution is 5.77. The Morgan fingerprint density at radius 2 is 2.00 bits per heavy atom. The predicted molar refractivity (Wildman–Crippen MR) is 68.6 cm³/mol. The van der Waals surface area contributed by atoms with Crippen LogP contribution in [0.2, 0.25) is 0 Å². The van der Waals surface area contributed by atoms with Crippen LogP contribution in [-0.2, 0) is 11.3 Å². The first-order valence-electron chi connectivity index (χ1n) is 6.27. The summed E-state index contributed by atoms with van der Waals surface area (Å²) in [5, 5.41) is 6.09. The third-order valence-corrected chi connectivity index (χ3v) is 3.02. The van der Waals surface area contributed by atoms with E-state index in [-0.39, 0.29) is 5.91 Å². The fourth-order valence-electron chi connectivity index (χ4n) is 1.67. The van der Waals surface area contributed by atoms with E-state index in [1.807, 2.05) is 0 Å². The molecule has 0 radical (unpaired) electrons. The standard InChI is InChI=1S/C14H20N2O/c1-11-2-4-12(5-3-11)8-15-10-14(17)16-9-13-6-7-13/h2-5,13,15H,6-10H2,1H3,(H,16,17). The van der Waals surface area contributed by atoms with E-state index in [1.54, 1.807) is 0 Å². The summed E-state index contributed by atoms with van der Waals surface area (Å²) < 4.78 is 0. The largest absolute Gasteiger partial charge is 0.355 e. The molecular weight excluding hydrogens is 212 g/mol. The third kappa shape index (κ3) is 4.57.